The number of ether oxygens (including phenoxy) is 1. The maximum Gasteiger partial charge on any atom is 0.213 e. The van der Waals surface area contributed by atoms with Gasteiger partial charge in [-0.25, -0.2) is 4.98 Å². The van der Waals surface area contributed by atoms with E-state index in [0.29, 0.717) is 5.88 Å². The average molecular weight is 167 g/mol. The molecule has 1 N–H and O–H groups in total. The third-order valence-corrected chi connectivity index (χ3v) is 1.73. The highest BCUT2D eigenvalue weighted by Crippen LogP contribution is 2.14. The lowest BCUT2D eigenvalue weighted by Crippen LogP contribution is -2.02. The third-order valence-electron chi connectivity index (χ3n) is 1.73. The molecule has 1 heterocycles. The van der Waals surface area contributed by atoms with Crippen LogP contribution in [0.25, 0.3) is 0 Å². The Kier molecular flexibility index (Phi) is 3.05. The number of aromatic nitrogens is 1. The molecule has 1 rings (SSSR count). The molecule has 66 valence electrons. The van der Waals surface area contributed by atoms with E-state index in [1.165, 1.54) is 0 Å². The molecule has 0 aromatic carbocycles. The summed E-state index contributed by atoms with van der Waals surface area (Å²) in [6, 6.07) is 5.53. The molecule has 0 radical (unpaired) electrons. The lowest BCUT2D eigenvalue weighted by molar-refractivity contribution is 0.270. The molecule has 0 saturated heterocycles. The van der Waals surface area contributed by atoms with Crippen molar-refractivity contribution in [1.82, 2.24) is 4.98 Å². The van der Waals surface area contributed by atoms with Crippen LogP contribution in [0.1, 0.15) is 18.5 Å². The molecule has 3 nitrogen and oxygen atoms in total. The summed E-state index contributed by atoms with van der Waals surface area (Å²) in [5.74, 6) is 0.660. The Morgan fingerprint density at radius 2 is 2.33 bits per heavy atom. The molecular formula is C9H13NO2. The summed E-state index contributed by atoms with van der Waals surface area (Å²) in [4.78, 5) is 4.18. The summed E-state index contributed by atoms with van der Waals surface area (Å²) in [5, 5.41) is 8.87. The second-order valence-electron chi connectivity index (χ2n) is 2.69. The quantitative estimate of drug-likeness (QED) is 0.735. The first kappa shape index (κ1) is 9.00. The van der Waals surface area contributed by atoms with Gasteiger partial charge in [0.05, 0.1) is 13.7 Å². The fourth-order valence-electron chi connectivity index (χ4n) is 0.912. The summed E-state index contributed by atoms with van der Waals surface area (Å²) in [7, 11) is 1.58. The summed E-state index contributed by atoms with van der Waals surface area (Å²) >= 11 is 0. The highest BCUT2D eigenvalue weighted by Gasteiger charge is 2.05. The van der Waals surface area contributed by atoms with Crippen molar-refractivity contribution in [2.24, 2.45) is 0 Å². The van der Waals surface area contributed by atoms with E-state index >= 15 is 0 Å². The normalized spacial score (nSPS) is 12.6. The SMILES string of the molecule is COc1cccc([C@H](C)CO)n1. The first-order valence-electron chi connectivity index (χ1n) is 3.89. The number of hydrogen-bond acceptors (Lipinski definition) is 3. The maximum atomic E-state index is 8.87. The van der Waals surface area contributed by atoms with Crippen LogP contribution in [0.2, 0.25) is 0 Å². The Hall–Kier alpha value is -1.09. The number of rotatable bonds is 3. The van der Waals surface area contributed by atoms with Crippen molar-refractivity contribution in [3.63, 3.8) is 0 Å². The zero-order valence-corrected chi connectivity index (χ0v) is 7.32. The second-order valence-corrected chi connectivity index (χ2v) is 2.69. The highest BCUT2D eigenvalue weighted by molar-refractivity contribution is 5.18. The smallest absolute Gasteiger partial charge is 0.213 e. The zero-order chi connectivity index (χ0) is 8.97. The van der Waals surface area contributed by atoms with Gasteiger partial charge in [-0.1, -0.05) is 13.0 Å². The van der Waals surface area contributed by atoms with Gasteiger partial charge in [0.25, 0.3) is 0 Å². The van der Waals surface area contributed by atoms with Gasteiger partial charge in [-0.3, -0.25) is 0 Å². The van der Waals surface area contributed by atoms with Crippen LogP contribution in [-0.2, 0) is 0 Å². The van der Waals surface area contributed by atoms with Crippen LogP contribution in [-0.4, -0.2) is 23.8 Å². The number of pyridine rings is 1. The van der Waals surface area contributed by atoms with Gasteiger partial charge in [0.1, 0.15) is 0 Å². The molecule has 3 heteroatoms. The summed E-state index contributed by atoms with van der Waals surface area (Å²) in [6.45, 7) is 2.03. The van der Waals surface area contributed by atoms with Gasteiger partial charge >= 0.3 is 0 Å². The third kappa shape index (κ3) is 1.95. The van der Waals surface area contributed by atoms with Crippen LogP contribution < -0.4 is 4.74 Å². The van der Waals surface area contributed by atoms with Crippen LogP contribution in [0.5, 0.6) is 5.88 Å². The number of hydrogen-bond donors (Lipinski definition) is 1. The van der Waals surface area contributed by atoms with Gasteiger partial charge in [-0.2, -0.15) is 0 Å². The van der Waals surface area contributed by atoms with Gasteiger partial charge in [-0.05, 0) is 6.07 Å². The molecule has 0 fully saturated rings. The summed E-state index contributed by atoms with van der Waals surface area (Å²) in [5.41, 5.74) is 0.858. The maximum absolute atomic E-state index is 8.87. The lowest BCUT2D eigenvalue weighted by Gasteiger charge is -2.07. The van der Waals surface area contributed by atoms with Crippen LogP contribution in [0.3, 0.4) is 0 Å². The number of aliphatic hydroxyl groups excluding tert-OH is 1. The summed E-state index contributed by atoms with van der Waals surface area (Å²) in [6.07, 6.45) is 0. The average Bonchev–Trinajstić information content (AvgIpc) is 2.17. The molecular weight excluding hydrogens is 154 g/mol. The van der Waals surface area contributed by atoms with E-state index < -0.39 is 0 Å². The number of nitrogens with zero attached hydrogens (tertiary/aromatic N) is 1. The predicted molar refractivity (Wildman–Crippen MR) is 46.3 cm³/mol. The molecule has 12 heavy (non-hydrogen) atoms. The molecule has 1 aromatic rings. The minimum atomic E-state index is 0.0695. The molecule has 0 amide bonds. The first-order valence-corrected chi connectivity index (χ1v) is 3.89. The van der Waals surface area contributed by atoms with Crippen molar-refractivity contribution in [2.75, 3.05) is 13.7 Å². The highest BCUT2D eigenvalue weighted by atomic mass is 16.5. The molecule has 0 aliphatic carbocycles. The molecule has 0 saturated carbocycles. The standard InChI is InChI=1S/C9H13NO2/c1-7(6-11)8-4-3-5-9(10-8)12-2/h3-5,7,11H,6H2,1-2H3/t7-/m1/s1. The van der Waals surface area contributed by atoms with Crippen molar-refractivity contribution in [2.45, 2.75) is 12.8 Å². The van der Waals surface area contributed by atoms with Crippen LogP contribution in [0.15, 0.2) is 18.2 Å². The van der Waals surface area contributed by atoms with E-state index in [0.717, 1.165) is 5.69 Å². The van der Waals surface area contributed by atoms with Gasteiger partial charge in [-0.15, -0.1) is 0 Å². The van der Waals surface area contributed by atoms with Crippen LogP contribution in [0, 0.1) is 0 Å². The van der Waals surface area contributed by atoms with Crippen molar-refractivity contribution >= 4 is 0 Å². The number of methoxy groups -OCH3 is 1. The van der Waals surface area contributed by atoms with Gasteiger partial charge in [0.15, 0.2) is 0 Å². The van der Waals surface area contributed by atoms with Crippen molar-refractivity contribution < 1.29 is 9.84 Å². The molecule has 0 spiro atoms. The fourth-order valence-corrected chi connectivity index (χ4v) is 0.912. The minimum Gasteiger partial charge on any atom is -0.481 e. The van der Waals surface area contributed by atoms with Crippen molar-refractivity contribution in [3.8, 4) is 5.88 Å². The zero-order valence-electron chi connectivity index (χ0n) is 7.32. The van der Waals surface area contributed by atoms with E-state index in [9.17, 15) is 0 Å². The molecule has 0 aliphatic heterocycles. The van der Waals surface area contributed by atoms with E-state index in [2.05, 4.69) is 4.98 Å². The topological polar surface area (TPSA) is 42.4 Å². The largest absolute Gasteiger partial charge is 0.481 e. The Morgan fingerprint density at radius 1 is 1.58 bits per heavy atom. The van der Waals surface area contributed by atoms with Gasteiger partial charge in [0, 0.05) is 17.7 Å². The monoisotopic (exact) mass is 167 g/mol. The molecule has 0 bridgehead atoms. The first-order chi connectivity index (χ1) is 5.77. The fraction of sp³-hybridized carbons (Fsp3) is 0.444. The van der Waals surface area contributed by atoms with Gasteiger partial charge in [0.2, 0.25) is 5.88 Å². The van der Waals surface area contributed by atoms with E-state index in [-0.39, 0.29) is 12.5 Å². The van der Waals surface area contributed by atoms with Crippen LogP contribution in [0.4, 0.5) is 0 Å². The Morgan fingerprint density at radius 3 is 2.92 bits per heavy atom. The Bertz CT molecular complexity index is 250. The second kappa shape index (κ2) is 4.07. The van der Waals surface area contributed by atoms with E-state index in [1.54, 1.807) is 13.2 Å². The lowest BCUT2D eigenvalue weighted by atomic mass is 10.1. The molecule has 0 unspecified atom stereocenters. The van der Waals surface area contributed by atoms with Crippen LogP contribution >= 0.6 is 0 Å². The molecule has 0 aliphatic rings. The van der Waals surface area contributed by atoms with E-state index in [4.69, 9.17) is 9.84 Å². The predicted octanol–water partition coefficient (Wildman–Crippen LogP) is 1.19. The Labute approximate surface area is 72.0 Å². The van der Waals surface area contributed by atoms with Gasteiger partial charge < -0.3 is 9.84 Å². The van der Waals surface area contributed by atoms with E-state index in [1.807, 2.05) is 19.1 Å². The number of aliphatic hydroxyl groups is 1. The minimum absolute atomic E-state index is 0.0695. The van der Waals surface area contributed by atoms with Crippen molar-refractivity contribution in [3.05, 3.63) is 23.9 Å². The van der Waals surface area contributed by atoms with Crippen molar-refractivity contribution in [1.29, 1.82) is 0 Å². The summed E-state index contributed by atoms with van der Waals surface area (Å²) < 4.78 is 4.96. The molecule has 1 atom stereocenters. The Balaban J connectivity index is 2.86. The molecule has 1 aromatic heterocycles.